The van der Waals surface area contributed by atoms with E-state index in [4.69, 9.17) is 4.74 Å². The Morgan fingerprint density at radius 1 is 1.08 bits per heavy atom. The van der Waals surface area contributed by atoms with Gasteiger partial charge in [-0.15, -0.1) is 0 Å². The van der Waals surface area contributed by atoms with Crippen molar-refractivity contribution >= 4 is 0 Å². The van der Waals surface area contributed by atoms with Gasteiger partial charge >= 0.3 is 0 Å². The van der Waals surface area contributed by atoms with Crippen LogP contribution in [0, 0.1) is 5.92 Å². The fourth-order valence-electron chi connectivity index (χ4n) is 3.77. The average molecular weight is 352 g/mol. The summed E-state index contributed by atoms with van der Waals surface area (Å²) < 4.78 is 32.3. The molecule has 1 aromatic rings. The quantitative estimate of drug-likeness (QED) is 0.769. The highest BCUT2D eigenvalue weighted by Crippen LogP contribution is 2.28. The second-order valence-corrected chi connectivity index (χ2v) is 7.67. The molecule has 0 aromatic heterocycles. The van der Waals surface area contributed by atoms with Crippen LogP contribution in [-0.4, -0.2) is 55.1 Å². The lowest BCUT2D eigenvalue weighted by atomic mass is 10.0. The molecule has 0 spiro atoms. The summed E-state index contributed by atoms with van der Waals surface area (Å²) in [7, 11) is 0. The molecule has 0 bridgehead atoms. The van der Waals surface area contributed by atoms with Gasteiger partial charge in [0.25, 0.3) is 5.92 Å². The number of ether oxygens (including phenoxy) is 1. The van der Waals surface area contributed by atoms with Crippen molar-refractivity contribution in [2.45, 2.75) is 45.1 Å². The summed E-state index contributed by atoms with van der Waals surface area (Å²) in [5.74, 6) is -0.790. The zero-order valence-corrected chi connectivity index (χ0v) is 15.2. The van der Waals surface area contributed by atoms with Crippen LogP contribution in [0.15, 0.2) is 24.3 Å². The second-order valence-electron chi connectivity index (χ2n) is 7.67. The molecule has 140 valence electrons. The van der Waals surface area contributed by atoms with E-state index in [0.29, 0.717) is 19.7 Å². The molecule has 1 aromatic carbocycles. The molecule has 2 aliphatic heterocycles. The third-order valence-electron chi connectivity index (χ3n) is 5.33. The summed E-state index contributed by atoms with van der Waals surface area (Å²) >= 11 is 0. The second kappa shape index (κ2) is 8.45. The summed E-state index contributed by atoms with van der Waals surface area (Å²) in [5.41, 5.74) is 1.16. The molecule has 25 heavy (non-hydrogen) atoms. The molecule has 3 rings (SSSR count). The molecule has 0 unspecified atom stereocenters. The zero-order chi connectivity index (χ0) is 17.7. The molecular weight excluding hydrogens is 322 g/mol. The summed E-state index contributed by atoms with van der Waals surface area (Å²) in [6.45, 7) is 8.05. The number of hydrogen-bond donors (Lipinski definition) is 0. The predicted molar refractivity (Wildman–Crippen MR) is 96.2 cm³/mol. The molecule has 0 saturated carbocycles. The van der Waals surface area contributed by atoms with Crippen molar-refractivity contribution < 1.29 is 13.5 Å². The Morgan fingerprint density at radius 3 is 2.48 bits per heavy atom. The number of rotatable bonds is 6. The summed E-state index contributed by atoms with van der Waals surface area (Å²) in [6, 6.07) is 8.08. The highest BCUT2D eigenvalue weighted by molar-refractivity contribution is 5.27. The molecule has 0 radical (unpaired) electrons. The van der Waals surface area contributed by atoms with E-state index in [-0.39, 0.29) is 12.8 Å². The largest absolute Gasteiger partial charge is 0.492 e. The van der Waals surface area contributed by atoms with Crippen molar-refractivity contribution in [3.63, 3.8) is 0 Å². The third-order valence-corrected chi connectivity index (χ3v) is 5.33. The number of halogens is 2. The number of piperidine rings is 2. The van der Waals surface area contributed by atoms with Crippen molar-refractivity contribution in [3.8, 4) is 5.75 Å². The Balaban J connectivity index is 1.38. The minimum Gasteiger partial charge on any atom is -0.492 e. The van der Waals surface area contributed by atoms with Crippen LogP contribution in [0.4, 0.5) is 8.78 Å². The minimum atomic E-state index is -2.47. The molecule has 2 heterocycles. The molecule has 5 heteroatoms. The first-order valence-electron chi connectivity index (χ1n) is 9.54. The zero-order valence-electron chi connectivity index (χ0n) is 15.2. The molecule has 2 aliphatic rings. The predicted octanol–water partition coefficient (Wildman–Crippen LogP) is 4.03. The van der Waals surface area contributed by atoms with Gasteiger partial charge in [0, 0.05) is 45.6 Å². The maximum atomic E-state index is 13.2. The number of nitrogens with zero attached hydrogens (tertiary/aromatic N) is 2. The fraction of sp³-hybridized carbons (Fsp3) is 0.700. The minimum absolute atomic E-state index is 0.0245. The van der Waals surface area contributed by atoms with E-state index in [2.05, 4.69) is 16.7 Å². The van der Waals surface area contributed by atoms with Gasteiger partial charge in [0.05, 0.1) is 0 Å². The smallest absolute Gasteiger partial charge is 0.250 e. The van der Waals surface area contributed by atoms with Gasteiger partial charge in [-0.25, -0.2) is 8.78 Å². The Kier molecular flexibility index (Phi) is 6.29. The summed E-state index contributed by atoms with van der Waals surface area (Å²) in [5, 5.41) is 0. The fourth-order valence-corrected chi connectivity index (χ4v) is 3.77. The van der Waals surface area contributed by atoms with Gasteiger partial charge in [-0.3, -0.25) is 9.80 Å². The summed E-state index contributed by atoms with van der Waals surface area (Å²) in [4.78, 5) is 4.58. The Morgan fingerprint density at radius 2 is 1.80 bits per heavy atom. The van der Waals surface area contributed by atoms with E-state index in [1.807, 2.05) is 24.3 Å². The van der Waals surface area contributed by atoms with Gasteiger partial charge in [0.2, 0.25) is 0 Å². The van der Waals surface area contributed by atoms with E-state index in [0.717, 1.165) is 30.3 Å². The molecular formula is C20H30F2N2O. The molecule has 2 fully saturated rings. The van der Waals surface area contributed by atoms with E-state index >= 15 is 0 Å². The summed E-state index contributed by atoms with van der Waals surface area (Å²) in [6.07, 6.45) is 2.58. The van der Waals surface area contributed by atoms with Gasteiger partial charge in [0.1, 0.15) is 12.4 Å². The Bertz CT molecular complexity index is 525. The average Bonchev–Trinajstić information content (AvgIpc) is 2.58. The van der Waals surface area contributed by atoms with E-state index in [1.165, 1.54) is 25.9 Å². The van der Waals surface area contributed by atoms with Crippen LogP contribution in [0.25, 0.3) is 0 Å². The lowest BCUT2D eigenvalue weighted by Crippen LogP contribution is -2.38. The van der Waals surface area contributed by atoms with Gasteiger partial charge in [0.15, 0.2) is 0 Å². The highest BCUT2D eigenvalue weighted by atomic mass is 19.3. The number of alkyl halides is 2. The van der Waals surface area contributed by atoms with Gasteiger partial charge in [-0.05, 0) is 43.0 Å². The van der Waals surface area contributed by atoms with Crippen LogP contribution in [0.5, 0.6) is 5.75 Å². The lowest BCUT2D eigenvalue weighted by molar-refractivity contribution is -0.0566. The first-order chi connectivity index (χ1) is 12.0. The van der Waals surface area contributed by atoms with Gasteiger partial charge in [-0.2, -0.15) is 0 Å². The van der Waals surface area contributed by atoms with Crippen LogP contribution >= 0.6 is 0 Å². The van der Waals surface area contributed by atoms with E-state index < -0.39 is 5.92 Å². The SMILES string of the molecule is C[C@H]1CCCN(CCOc2ccc(CN3CCC(F)(F)CC3)cc2)C1. The van der Waals surface area contributed by atoms with E-state index in [1.54, 1.807) is 0 Å². The maximum Gasteiger partial charge on any atom is 0.250 e. The Labute approximate surface area is 149 Å². The first kappa shape index (κ1) is 18.6. The van der Waals surface area contributed by atoms with Gasteiger partial charge in [-0.1, -0.05) is 19.1 Å². The topological polar surface area (TPSA) is 15.7 Å². The highest BCUT2D eigenvalue weighted by Gasteiger charge is 2.33. The van der Waals surface area contributed by atoms with Crippen LogP contribution in [-0.2, 0) is 6.54 Å². The van der Waals surface area contributed by atoms with Crippen molar-refractivity contribution in [2.24, 2.45) is 5.92 Å². The van der Waals surface area contributed by atoms with Crippen molar-refractivity contribution in [1.82, 2.24) is 9.80 Å². The van der Waals surface area contributed by atoms with E-state index in [9.17, 15) is 8.78 Å². The molecule has 0 N–H and O–H groups in total. The molecule has 2 saturated heterocycles. The van der Waals surface area contributed by atoms with Crippen LogP contribution in [0.3, 0.4) is 0 Å². The van der Waals surface area contributed by atoms with Gasteiger partial charge < -0.3 is 4.74 Å². The van der Waals surface area contributed by atoms with Crippen molar-refractivity contribution in [1.29, 1.82) is 0 Å². The monoisotopic (exact) mass is 352 g/mol. The van der Waals surface area contributed by atoms with Crippen LogP contribution < -0.4 is 4.74 Å². The van der Waals surface area contributed by atoms with Crippen molar-refractivity contribution in [3.05, 3.63) is 29.8 Å². The molecule has 0 amide bonds. The third kappa shape index (κ3) is 5.93. The van der Waals surface area contributed by atoms with Crippen LogP contribution in [0.1, 0.15) is 38.2 Å². The van der Waals surface area contributed by atoms with Crippen LogP contribution in [0.2, 0.25) is 0 Å². The lowest BCUT2D eigenvalue weighted by Gasteiger charge is -2.31. The van der Waals surface area contributed by atoms with Crippen molar-refractivity contribution in [2.75, 3.05) is 39.3 Å². The number of benzene rings is 1. The standard InChI is InChI=1S/C20H30F2N2O/c1-17-3-2-10-23(15-17)13-14-25-19-6-4-18(5-7-19)16-24-11-8-20(21,22)9-12-24/h4-7,17H,2-3,8-16H2,1H3/t17-/m0/s1. The first-order valence-corrected chi connectivity index (χ1v) is 9.54. The molecule has 1 atom stereocenters. The maximum absolute atomic E-state index is 13.2. The molecule has 0 aliphatic carbocycles. The number of hydrogen-bond acceptors (Lipinski definition) is 3. The number of likely N-dealkylation sites (tertiary alicyclic amines) is 2. The normalized spacial score (nSPS) is 25.0. The molecule has 3 nitrogen and oxygen atoms in total. The Hall–Kier alpha value is -1.20.